The summed E-state index contributed by atoms with van der Waals surface area (Å²) in [5, 5.41) is 4.18. The van der Waals surface area contributed by atoms with Gasteiger partial charge in [-0.05, 0) is 23.8 Å². The maximum absolute atomic E-state index is 6.90. The summed E-state index contributed by atoms with van der Waals surface area (Å²) < 4.78 is 6.90. The van der Waals surface area contributed by atoms with Crippen molar-refractivity contribution in [2.45, 2.75) is 0 Å². The van der Waals surface area contributed by atoms with Gasteiger partial charge in [-0.2, -0.15) is 0 Å². The van der Waals surface area contributed by atoms with Crippen molar-refractivity contribution in [1.29, 1.82) is 0 Å². The highest BCUT2D eigenvalue weighted by Gasteiger charge is 2.24. The second-order valence-electron chi connectivity index (χ2n) is 12.8. The van der Waals surface area contributed by atoms with Crippen molar-refractivity contribution in [1.82, 2.24) is 15.0 Å². The topological polar surface area (TPSA) is 51.8 Å². The van der Waals surface area contributed by atoms with Crippen LogP contribution >= 0.6 is 0 Å². The molecule has 51 heavy (non-hydrogen) atoms. The Morgan fingerprint density at radius 2 is 0.902 bits per heavy atom. The third-order valence-electron chi connectivity index (χ3n) is 9.65. The number of nitrogens with zero attached hydrogens (tertiary/aromatic N) is 3. The van der Waals surface area contributed by atoms with Crippen molar-refractivity contribution < 1.29 is 4.42 Å². The lowest BCUT2D eigenvalue weighted by Gasteiger charge is -2.11. The van der Waals surface area contributed by atoms with Crippen LogP contribution in [0.2, 0.25) is 0 Å². The highest BCUT2D eigenvalue weighted by molar-refractivity contribution is 6.18. The first kappa shape index (κ1) is 29.0. The van der Waals surface area contributed by atoms with Gasteiger partial charge in [-0.15, -0.1) is 0 Å². The van der Waals surface area contributed by atoms with Gasteiger partial charge in [0.15, 0.2) is 5.58 Å². The van der Waals surface area contributed by atoms with Crippen LogP contribution in [0.3, 0.4) is 0 Å². The Kier molecular flexibility index (Phi) is 6.78. The Labute approximate surface area is 294 Å². The minimum atomic E-state index is 0.773. The fraction of sp³-hybridized carbons (Fsp3) is 0. The fourth-order valence-electron chi connectivity index (χ4n) is 7.18. The Balaban J connectivity index is 1.22. The number of benzene rings is 6. The molecule has 10 rings (SSSR count). The molecule has 0 unspecified atom stereocenters. The molecule has 10 aromatic rings. The molecule has 0 amide bonds. The van der Waals surface area contributed by atoms with Gasteiger partial charge in [-0.3, -0.25) is 0 Å². The Morgan fingerprint density at radius 3 is 1.51 bits per heavy atom. The van der Waals surface area contributed by atoms with Gasteiger partial charge < -0.3 is 4.42 Å². The number of aromatic nitrogens is 3. The molecule has 0 N–H and O–H groups in total. The molecule has 0 saturated heterocycles. The van der Waals surface area contributed by atoms with Crippen LogP contribution in [0.5, 0.6) is 0 Å². The molecule has 0 fully saturated rings. The van der Waals surface area contributed by atoms with Gasteiger partial charge in [-0.25, -0.2) is 15.0 Å². The first-order chi connectivity index (χ1) is 25.3. The first-order valence-corrected chi connectivity index (χ1v) is 17.1. The van der Waals surface area contributed by atoms with E-state index in [0.717, 1.165) is 99.9 Å². The lowest BCUT2D eigenvalue weighted by atomic mass is 9.94. The van der Waals surface area contributed by atoms with E-state index in [1.54, 1.807) is 0 Å². The molecular weight excluding hydrogens is 623 g/mol. The van der Waals surface area contributed by atoms with Gasteiger partial charge in [0.1, 0.15) is 11.5 Å². The summed E-state index contributed by atoms with van der Waals surface area (Å²) in [7, 11) is 0. The number of rotatable bonds is 5. The summed E-state index contributed by atoms with van der Waals surface area (Å²) >= 11 is 0. The molecule has 0 radical (unpaired) electrons. The minimum Gasteiger partial charge on any atom is -0.453 e. The average molecular weight is 652 g/mol. The smallest absolute Gasteiger partial charge is 0.162 e. The molecule has 0 aliphatic carbocycles. The Bertz CT molecular complexity index is 2880. The van der Waals surface area contributed by atoms with E-state index in [0.29, 0.717) is 0 Å². The normalized spacial score (nSPS) is 11.5. The van der Waals surface area contributed by atoms with E-state index >= 15 is 0 Å². The van der Waals surface area contributed by atoms with Crippen molar-refractivity contribution in [2.24, 2.45) is 0 Å². The molecule has 0 aliphatic heterocycles. The van der Waals surface area contributed by atoms with Gasteiger partial charge in [0, 0.05) is 49.4 Å². The molecule has 238 valence electrons. The SMILES string of the molecule is c1ccc(-c2ccc3ccc4ccc(-c5ccc6c(c5)nc(-c5ccccc5)c5oc(-c7ccccc7)c(-c7ccccc7)c56)nc4c3n2)cc1. The van der Waals surface area contributed by atoms with E-state index in [-0.39, 0.29) is 0 Å². The summed E-state index contributed by atoms with van der Waals surface area (Å²) in [6.07, 6.45) is 0. The van der Waals surface area contributed by atoms with Gasteiger partial charge in [0.05, 0.1) is 27.9 Å². The zero-order chi connectivity index (χ0) is 33.7. The first-order valence-electron chi connectivity index (χ1n) is 17.1. The van der Waals surface area contributed by atoms with Crippen molar-refractivity contribution in [2.75, 3.05) is 0 Å². The van der Waals surface area contributed by atoms with E-state index in [1.807, 2.05) is 48.5 Å². The third-order valence-corrected chi connectivity index (χ3v) is 9.65. The summed E-state index contributed by atoms with van der Waals surface area (Å²) in [4.78, 5) is 15.7. The molecule has 0 saturated carbocycles. The standard InChI is InChI=1S/C47H29N3O/c1-5-13-30(14-6-1)38-27-24-33-21-22-34-25-28-39(49-44(34)43(33)48-38)36-23-26-37-40(29-36)50-45(32-17-9-3-10-18-32)47-42(37)41(31-15-7-2-8-16-31)46(51-47)35-19-11-4-12-20-35/h1-29H. The molecule has 4 heterocycles. The molecular formula is C47H29N3O. The molecule has 0 aliphatic rings. The summed E-state index contributed by atoms with van der Waals surface area (Å²) in [5.74, 6) is 0.831. The van der Waals surface area contributed by atoms with Gasteiger partial charge in [-0.1, -0.05) is 158 Å². The molecule has 0 bridgehead atoms. The van der Waals surface area contributed by atoms with Crippen LogP contribution in [0.1, 0.15) is 0 Å². The largest absolute Gasteiger partial charge is 0.453 e. The van der Waals surface area contributed by atoms with E-state index < -0.39 is 0 Å². The molecule has 4 aromatic heterocycles. The predicted molar refractivity (Wildman–Crippen MR) is 209 cm³/mol. The quantitative estimate of drug-likeness (QED) is 0.174. The van der Waals surface area contributed by atoms with E-state index in [9.17, 15) is 0 Å². The second-order valence-corrected chi connectivity index (χ2v) is 12.8. The zero-order valence-corrected chi connectivity index (χ0v) is 27.5. The lowest BCUT2D eigenvalue weighted by Crippen LogP contribution is -1.92. The summed E-state index contributed by atoms with van der Waals surface area (Å²) in [5.41, 5.74) is 12.3. The molecule has 4 nitrogen and oxygen atoms in total. The molecule has 0 spiro atoms. The highest BCUT2D eigenvalue weighted by Crippen LogP contribution is 2.46. The van der Waals surface area contributed by atoms with E-state index in [2.05, 4.69) is 127 Å². The molecule has 4 heteroatoms. The molecule has 6 aromatic carbocycles. The number of pyridine rings is 3. The van der Waals surface area contributed by atoms with Gasteiger partial charge >= 0.3 is 0 Å². The maximum Gasteiger partial charge on any atom is 0.162 e. The fourth-order valence-corrected chi connectivity index (χ4v) is 7.18. The maximum atomic E-state index is 6.90. The van der Waals surface area contributed by atoms with Crippen molar-refractivity contribution in [3.8, 4) is 56.2 Å². The Hall–Kier alpha value is -6.91. The lowest BCUT2D eigenvalue weighted by molar-refractivity contribution is 0.632. The highest BCUT2D eigenvalue weighted by atomic mass is 16.3. The number of fused-ring (bicyclic) bond motifs is 6. The average Bonchev–Trinajstić information content (AvgIpc) is 3.62. The van der Waals surface area contributed by atoms with Gasteiger partial charge in [0.25, 0.3) is 0 Å². The van der Waals surface area contributed by atoms with Crippen LogP contribution in [-0.2, 0) is 0 Å². The number of furan rings is 1. The Morgan fingerprint density at radius 1 is 0.392 bits per heavy atom. The van der Waals surface area contributed by atoms with E-state index in [4.69, 9.17) is 19.4 Å². The van der Waals surface area contributed by atoms with Crippen molar-refractivity contribution in [3.05, 3.63) is 176 Å². The third kappa shape index (κ3) is 4.96. The number of hydrogen-bond acceptors (Lipinski definition) is 4. The summed E-state index contributed by atoms with van der Waals surface area (Å²) in [6, 6.07) is 60.6. The van der Waals surface area contributed by atoms with Crippen molar-refractivity contribution in [3.63, 3.8) is 0 Å². The monoisotopic (exact) mass is 651 g/mol. The minimum absolute atomic E-state index is 0.773. The van der Waals surface area contributed by atoms with Crippen molar-refractivity contribution >= 4 is 43.7 Å². The van der Waals surface area contributed by atoms with E-state index in [1.165, 1.54) is 0 Å². The number of hydrogen-bond donors (Lipinski definition) is 0. The molecule has 0 atom stereocenters. The van der Waals surface area contributed by atoms with Gasteiger partial charge in [0.2, 0.25) is 0 Å². The van der Waals surface area contributed by atoms with Crippen LogP contribution in [0.4, 0.5) is 0 Å². The van der Waals surface area contributed by atoms with Crippen LogP contribution in [0, 0.1) is 0 Å². The predicted octanol–water partition coefficient (Wildman–Crippen LogP) is 12.4. The zero-order valence-electron chi connectivity index (χ0n) is 27.5. The van der Waals surface area contributed by atoms with Crippen LogP contribution in [0.15, 0.2) is 180 Å². The van der Waals surface area contributed by atoms with Crippen LogP contribution in [-0.4, -0.2) is 15.0 Å². The second kappa shape index (κ2) is 11.9. The summed E-state index contributed by atoms with van der Waals surface area (Å²) in [6.45, 7) is 0. The van der Waals surface area contributed by atoms with Crippen LogP contribution in [0.25, 0.3) is 99.9 Å². The van der Waals surface area contributed by atoms with Crippen LogP contribution < -0.4 is 0 Å².